The maximum atomic E-state index is 3.92. The Morgan fingerprint density at radius 2 is 1.12 bits per heavy atom. The Balaban J connectivity index is 3.60. The van der Waals surface area contributed by atoms with Gasteiger partial charge in [-0.2, -0.15) is 0 Å². The molecule has 0 amide bonds. The molecule has 0 atom stereocenters. The fraction of sp³-hybridized carbons (Fsp3) is 0.941. The molecule has 0 aliphatic carbocycles. The minimum atomic E-state index is 1.03. The second kappa shape index (κ2) is 14.1. The van der Waals surface area contributed by atoms with Gasteiger partial charge in [0.05, 0.1) is 0 Å². The molecule has 0 saturated carbocycles. The van der Waals surface area contributed by atoms with Crippen LogP contribution in [0.15, 0.2) is 0 Å². The molecule has 0 aliphatic heterocycles. The van der Waals surface area contributed by atoms with Gasteiger partial charge < -0.3 is 0 Å². The van der Waals surface area contributed by atoms with Crippen molar-refractivity contribution in [1.82, 2.24) is 0 Å². The summed E-state index contributed by atoms with van der Waals surface area (Å²) in [6.45, 7) is 8.54. The van der Waals surface area contributed by atoms with Gasteiger partial charge in [0.25, 0.3) is 0 Å². The topological polar surface area (TPSA) is 0 Å². The molecule has 0 rings (SSSR count). The van der Waals surface area contributed by atoms with E-state index in [4.69, 9.17) is 0 Å². The van der Waals surface area contributed by atoms with Crippen LogP contribution in [0.1, 0.15) is 97.3 Å². The quantitative estimate of drug-likeness (QED) is 0.320. The first-order valence-corrected chi connectivity index (χ1v) is 8.14. The Morgan fingerprint density at radius 1 is 0.647 bits per heavy atom. The van der Waals surface area contributed by atoms with Crippen LogP contribution >= 0.6 is 0 Å². The molecule has 0 nitrogen and oxygen atoms in total. The molecule has 0 heterocycles. The smallest absolute Gasteiger partial charge is 0.0414 e. The van der Waals surface area contributed by atoms with Crippen molar-refractivity contribution < 1.29 is 0 Å². The van der Waals surface area contributed by atoms with E-state index < -0.39 is 0 Å². The van der Waals surface area contributed by atoms with Gasteiger partial charge in [0.2, 0.25) is 0 Å². The molecule has 0 aromatic carbocycles. The van der Waals surface area contributed by atoms with E-state index in [1.54, 1.807) is 0 Å². The summed E-state index contributed by atoms with van der Waals surface area (Å²) in [6, 6.07) is 0. The van der Waals surface area contributed by atoms with Crippen molar-refractivity contribution >= 4 is 0 Å². The standard InChI is InChI=1S/C17H35/c1-4-7-10-13-16-17(14-11-8-5-2)15-12-9-6-3/h17H,1,4-16H2,2-3H3. The largest absolute Gasteiger partial charge is 0.0654 e. The van der Waals surface area contributed by atoms with Gasteiger partial charge in [-0.1, -0.05) is 104 Å². The molecule has 0 unspecified atom stereocenters. The third-order valence-electron chi connectivity index (χ3n) is 3.79. The van der Waals surface area contributed by atoms with Gasteiger partial charge in [0.15, 0.2) is 0 Å². The summed E-state index contributed by atoms with van der Waals surface area (Å²) in [5.74, 6) is 1.03. The summed E-state index contributed by atoms with van der Waals surface area (Å²) >= 11 is 0. The first kappa shape index (κ1) is 17.0. The lowest BCUT2D eigenvalue weighted by Gasteiger charge is -2.16. The zero-order chi connectivity index (χ0) is 12.8. The van der Waals surface area contributed by atoms with Gasteiger partial charge in [-0.15, -0.1) is 0 Å². The second-order valence-electron chi connectivity index (χ2n) is 5.56. The fourth-order valence-electron chi connectivity index (χ4n) is 2.59. The summed E-state index contributed by atoms with van der Waals surface area (Å²) < 4.78 is 0. The number of unbranched alkanes of at least 4 members (excludes halogenated alkanes) is 7. The molecule has 0 aromatic heterocycles. The minimum Gasteiger partial charge on any atom is -0.0654 e. The van der Waals surface area contributed by atoms with E-state index in [0.29, 0.717) is 0 Å². The van der Waals surface area contributed by atoms with Gasteiger partial charge >= 0.3 is 0 Å². The monoisotopic (exact) mass is 239 g/mol. The molecule has 0 aromatic rings. The molecule has 0 heteroatoms. The summed E-state index contributed by atoms with van der Waals surface area (Å²) in [5, 5.41) is 0. The highest BCUT2D eigenvalue weighted by molar-refractivity contribution is 4.61. The highest BCUT2D eigenvalue weighted by Gasteiger charge is 2.07. The van der Waals surface area contributed by atoms with Gasteiger partial charge in [0.1, 0.15) is 0 Å². The van der Waals surface area contributed by atoms with Crippen molar-refractivity contribution in [2.24, 2.45) is 5.92 Å². The number of hydrogen-bond donors (Lipinski definition) is 0. The van der Waals surface area contributed by atoms with E-state index in [1.165, 1.54) is 77.0 Å². The maximum Gasteiger partial charge on any atom is -0.0414 e. The van der Waals surface area contributed by atoms with Crippen molar-refractivity contribution in [3.8, 4) is 0 Å². The SMILES string of the molecule is [CH2]CCCCCC(CCCCC)CCCCC. The van der Waals surface area contributed by atoms with Gasteiger partial charge in [0, 0.05) is 0 Å². The second-order valence-corrected chi connectivity index (χ2v) is 5.56. The van der Waals surface area contributed by atoms with Crippen molar-refractivity contribution in [3.63, 3.8) is 0 Å². The van der Waals surface area contributed by atoms with Gasteiger partial charge in [-0.25, -0.2) is 0 Å². The third kappa shape index (κ3) is 12.2. The lowest BCUT2D eigenvalue weighted by Crippen LogP contribution is -2.01. The van der Waals surface area contributed by atoms with Crippen LogP contribution in [0.3, 0.4) is 0 Å². The Kier molecular flexibility index (Phi) is 14.1. The third-order valence-corrected chi connectivity index (χ3v) is 3.79. The lowest BCUT2D eigenvalue weighted by atomic mass is 9.90. The molecule has 103 valence electrons. The van der Waals surface area contributed by atoms with Crippen molar-refractivity contribution in [1.29, 1.82) is 0 Å². The molecule has 1 radical (unpaired) electrons. The van der Waals surface area contributed by atoms with E-state index in [-0.39, 0.29) is 0 Å². The lowest BCUT2D eigenvalue weighted by molar-refractivity contribution is 0.372. The van der Waals surface area contributed by atoms with Crippen LogP contribution < -0.4 is 0 Å². The summed E-state index contributed by atoms with van der Waals surface area (Å²) in [6.07, 6.45) is 18.3. The zero-order valence-electron chi connectivity index (χ0n) is 12.5. The van der Waals surface area contributed by atoms with Crippen LogP contribution in [0.25, 0.3) is 0 Å². The molecule has 0 N–H and O–H groups in total. The zero-order valence-corrected chi connectivity index (χ0v) is 12.5. The van der Waals surface area contributed by atoms with E-state index in [2.05, 4.69) is 20.8 Å². The predicted octanol–water partition coefficient (Wildman–Crippen LogP) is 6.55. The average molecular weight is 239 g/mol. The van der Waals surface area contributed by atoms with Crippen molar-refractivity contribution in [3.05, 3.63) is 6.92 Å². The first-order valence-electron chi connectivity index (χ1n) is 8.14. The molecule has 0 fully saturated rings. The van der Waals surface area contributed by atoms with E-state index in [1.807, 2.05) is 0 Å². The highest BCUT2D eigenvalue weighted by Crippen LogP contribution is 2.23. The summed E-state index contributed by atoms with van der Waals surface area (Å²) in [7, 11) is 0. The predicted molar refractivity (Wildman–Crippen MR) is 80.2 cm³/mol. The summed E-state index contributed by atoms with van der Waals surface area (Å²) in [4.78, 5) is 0. The maximum absolute atomic E-state index is 3.92. The van der Waals surface area contributed by atoms with Crippen LogP contribution in [0.2, 0.25) is 0 Å². The van der Waals surface area contributed by atoms with Crippen LogP contribution in [-0.2, 0) is 0 Å². The van der Waals surface area contributed by atoms with Crippen LogP contribution in [-0.4, -0.2) is 0 Å². The van der Waals surface area contributed by atoms with Gasteiger partial charge in [-0.3, -0.25) is 0 Å². The normalized spacial score (nSPS) is 11.3. The average Bonchev–Trinajstić information content (AvgIpc) is 2.34. The van der Waals surface area contributed by atoms with E-state index in [9.17, 15) is 0 Å². The number of rotatable bonds is 13. The van der Waals surface area contributed by atoms with Crippen LogP contribution in [0.5, 0.6) is 0 Å². The molecule has 0 aliphatic rings. The Bertz CT molecular complexity index is 118. The Morgan fingerprint density at radius 3 is 1.53 bits per heavy atom. The fourth-order valence-corrected chi connectivity index (χ4v) is 2.59. The van der Waals surface area contributed by atoms with Gasteiger partial charge in [-0.05, 0) is 5.92 Å². The minimum absolute atomic E-state index is 1.03. The first-order chi connectivity index (χ1) is 8.35. The van der Waals surface area contributed by atoms with Crippen molar-refractivity contribution in [2.75, 3.05) is 0 Å². The highest BCUT2D eigenvalue weighted by atomic mass is 14.1. The summed E-state index contributed by atoms with van der Waals surface area (Å²) in [5.41, 5.74) is 0. The molecular weight excluding hydrogens is 204 g/mol. The van der Waals surface area contributed by atoms with Crippen molar-refractivity contribution in [2.45, 2.75) is 97.3 Å². The molecule has 0 saturated heterocycles. The molecular formula is C17H35. The van der Waals surface area contributed by atoms with E-state index >= 15 is 0 Å². The Hall–Kier alpha value is 0. The molecule has 0 bridgehead atoms. The van der Waals surface area contributed by atoms with Crippen LogP contribution in [0.4, 0.5) is 0 Å². The molecule has 17 heavy (non-hydrogen) atoms. The molecule has 0 spiro atoms. The van der Waals surface area contributed by atoms with Crippen LogP contribution in [0, 0.1) is 12.8 Å². The van der Waals surface area contributed by atoms with E-state index in [0.717, 1.165) is 12.3 Å². The number of hydrogen-bond acceptors (Lipinski definition) is 0. The Labute approximate surface area is 111 Å².